The van der Waals surface area contributed by atoms with Crippen molar-refractivity contribution in [3.05, 3.63) is 59.7 Å². The first kappa shape index (κ1) is 13.6. The lowest BCUT2D eigenvalue weighted by atomic mass is 10.0. The summed E-state index contributed by atoms with van der Waals surface area (Å²) < 4.78 is 5.40. The molecule has 0 radical (unpaired) electrons. The summed E-state index contributed by atoms with van der Waals surface area (Å²) in [7, 11) is 0. The number of aryl methyl sites for hydroxylation is 1. The standard InChI is InChI=1S/C17H14N2O.CH4/c1-2-6-13(7-3-1)17-18-16(19-20-17)15-11-5-9-12-8-4-10-14(12)15;/h1-3,5-7,9,11H,4,8,10H2;1H4. The summed E-state index contributed by atoms with van der Waals surface area (Å²) in [6.45, 7) is 0. The fourth-order valence-electron chi connectivity index (χ4n) is 2.86. The molecule has 0 bridgehead atoms. The fraction of sp³-hybridized carbons (Fsp3) is 0.222. The van der Waals surface area contributed by atoms with E-state index >= 15 is 0 Å². The van der Waals surface area contributed by atoms with Crippen LogP contribution in [0.3, 0.4) is 0 Å². The molecule has 0 saturated carbocycles. The van der Waals surface area contributed by atoms with Crippen molar-refractivity contribution in [2.75, 3.05) is 0 Å². The molecule has 1 aliphatic rings. The molecular weight excluding hydrogens is 260 g/mol. The third kappa shape index (κ3) is 2.35. The van der Waals surface area contributed by atoms with Gasteiger partial charge < -0.3 is 4.52 Å². The topological polar surface area (TPSA) is 38.9 Å². The largest absolute Gasteiger partial charge is 0.334 e. The molecule has 0 aliphatic heterocycles. The third-order valence-corrected chi connectivity index (χ3v) is 3.83. The maximum atomic E-state index is 5.40. The molecule has 3 aromatic rings. The zero-order valence-corrected chi connectivity index (χ0v) is 11.0. The molecular formula is C18H18N2O. The maximum Gasteiger partial charge on any atom is 0.258 e. The molecule has 0 spiro atoms. The number of aromatic nitrogens is 2. The van der Waals surface area contributed by atoms with Gasteiger partial charge in [-0.05, 0) is 42.5 Å². The van der Waals surface area contributed by atoms with Gasteiger partial charge in [0, 0.05) is 11.1 Å². The lowest BCUT2D eigenvalue weighted by Gasteiger charge is -2.03. The smallest absolute Gasteiger partial charge is 0.258 e. The van der Waals surface area contributed by atoms with Gasteiger partial charge in [-0.1, -0.05) is 49.0 Å². The molecule has 0 saturated heterocycles. The highest BCUT2D eigenvalue weighted by molar-refractivity contribution is 5.65. The predicted octanol–water partition coefficient (Wildman–Crippen LogP) is 4.53. The molecule has 2 aromatic carbocycles. The predicted molar refractivity (Wildman–Crippen MR) is 83.9 cm³/mol. The summed E-state index contributed by atoms with van der Waals surface area (Å²) in [5, 5.41) is 4.15. The normalized spacial score (nSPS) is 12.8. The molecule has 1 aromatic heterocycles. The van der Waals surface area contributed by atoms with Crippen molar-refractivity contribution >= 4 is 0 Å². The van der Waals surface area contributed by atoms with Gasteiger partial charge in [-0.3, -0.25) is 0 Å². The van der Waals surface area contributed by atoms with Gasteiger partial charge in [-0.15, -0.1) is 0 Å². The van der Waals surface area contributed by atoms with Crippen molar-refractivity contribution < 1.29 is 4.52 Å². The van der Waals surface area contributed by atoms with E-state index < -0.39 is 0 Å². The second-order valence-electron chi connectivity index (χ2n) is 5.09. The van der Waals surface area contributed by atoms with E-state index in [1.807, 2.05) is 30.3 Å². The summed E-state index contributed by atoms with van der Waals surface area (Å²) in [6, 6.07) is 16.2. The van der Waals surface area contributed by atoms with Gasteiger partial charge in [0.1, 0.15) is 0 Å². The average Bonchev–Trinajstić information content (AvgIpc) is 3.17. The van der Waals surface area contributed by atoms with E-state index in [9.17, 15) is 0 Å². The van der Waals surface area contributed by atoms with Crippen LogP contribution in [0.5, 0.6) is 0 Å². The van der Waals surface area contributed by atoms with Gasteiger partial charge >= 0.3 is 0 Å². The zero-order chi connectivity index (χ0) is 13.4. The van der Waals surface area contributed by atoms with Crippen LogP contribution in [0, 0.1) is 0 Å². The Labute approximate surface area is 124 Å². The highest BCUT2D eigenvalue weighted by Gasteiger charge is 2.19. The summed E-state index contributed by atoms with van der Waals surface area (Å²) in [5.41, 5.74) is 4.88. The van der Waals surface area contributed by atoms with E-state index in [-0.39, 0.29) is 7.43 Å². The number of hydrogen-bond donors (Lipinski definition) is 0. The van der Waals surface area contributed by atoms with E-state index in [4.69, 9.17) is 4.52 Å². The Morgan fingerprint density at radius 2 is 1.76 bits per heavy atom. The Kier molecular flexibility index (Phi) is 3.57. The van der Waals surface area contributed by atoms with Gasteiger partial charge in [-0.2, -0.15) is 4.98 Å². The lowest BCUT2D eigenvalue weighted by molar-refractivity contribution is 0.432. The van der Waals surface area contributed by atoms with Crippen molar-refractivity contribution in [1.29, 1.82) is 0 Å². The first-order valence-electron chi connectivity index (χ1n) is 6.92. The summed E-state index contributed by atoms with van der Waals surface area (Å²) in [6.07, 6.45) is 3.49. The van der Waals surface area contributed by atoms with Crippen LogP contribution < -0.4 is 0 Å². The van der Waals surface area contributed by atoms with Crippen LogP contribution in [0.15, 0.2) is 53.1 Å². The van der Waals surface area contributed by atoms with Crippen LogP contribution in [0.4, 0.5) is 0 Å². The van der Waals surface area contributed by atoms with Crippen molar-refractivity contribution in [2.24, 2.45) is 0 Å². The molecule has 1 heterocycles. The number of fused-ring (bicyclic) bond motifs is 1. The SMILES string of the molecule is C.c1ccc(-c2nc(-c3cccc4c3CCC4)no2)cc1. The van der Waals surface area contributed by atoms with Gasteiger partial charge in [0.25, 0.3) is 5.89 Å². The van der Waals surface area contributed by atoms with Crippen molar-refractivity contribution in [1.82, 2.24) is 10.1 Å². The van der Waals surface area contributed by atoms with Crippen LogP contribution in [0.25, 0.3) is 22.8 Å². The zero-order valence-electron chi connectivity index (χ0n) is 11.0. The highest BCUT2D eigenvalue weighted by Crippen LogP contribution is 2.31. The van der Waals surface area contributed by atoms with Crippen molar-refractivity contribution in [3.63, 3.8) is 0 Å². The minimum absolute atomic E-state index is 0. The van der Waals surface area contributed by atoms with Crippen LogP contribution >= 0.6 is 0 Å². The summed E-state index contributed by atoms with van der Waals surface area (Å²) >= 11 is 0. The van der Waals surface area contributed by atoms with E-state index in [2.05, 4.69) is 28.3 Å². The molecule has 0 fully saturated rings. The first-order chi connectivity index (χ1) is 9.92. The number of benzene rings is 2. The van der Waals surface area contributed by atoms with Crippen LogP contribution in [-0.4, -0.2) is 10.1 Å². The molecule has 3 heteroatoms. The molecule has 1 aliphatic carbocycles. The van der Waals surface area contributed by atoms with Crippen LogP contribution in [0.1, 0.15) is 25.0 Å². The fourth-order valence-corrected chi connectivity index (χ4v) is 2.86. The summed E-state index contributed by atoms with van der Waals surface area (Å²) in [5.74, 6) is 1.28. The number of rotatable bonds is 2. The van der Waals surface area contributed by atoms with Gasteiger partial charge in [0.2, 0.25) is 5.82 Å². The molecule has 0 unspecified atom stereocenters. The maximum absolute atomic E-state index is 5.40. The summed E-state index contributed by atoms with van der Waals surface area (Å²) in [4.78, 5) is 4.55. The Hall–Kier alpha value is -2.42. The second kappa shape index (κ2) is 5.52. The third-order valence-electron chi connectivity index (χ3n) is 3.83. The molecule has 106 valence electrons. The van der Waals surface area contributed by atoms with E-state index in [1.54, 1.807) is 0 Å². The quantitative estimate of drug-likeness (QED) is 0.691. The Bertz CT molecular complexity index is 747. The number of hydrogen-bond acceptors (Lipinski definition) is 3. The monoisotopic (exact) mass is 278 g/mol. The molecule has 0 amide bonds. The molecule has 0 N–H and O–H groups in total. The molecule has 21 heavy (non-hydrogen) atoms. The first-order valence-corrected chi connectivity index (χ1v) is 6.92. The Morgan fingerprint density at radius 1 is 0.905 bits per heavy atom. The van der Waals surface area contributed by atoms with E-state index in [0.717, 1.165) is 24.0 Å². The van der Waals surface area contributed by atoms with Gasteiger partial charge in [-0.25, -0.2) is 0 Å². The molecule has 0 atom stereocenters. The minimum Gasteiger partial charge on any atom is -0.334 e. The van der Waals surface area contributed by atoms with Crippen molar-refractivity contribution in [2.45, 2.75) is 26.7 Å². The van der Waals surface area contributed by atoms with Crippen molar-refractivity contribution in [3.8, 4) is 22.8 Å². The van der Waals surface area contributed by atoms with E-state index in [1.165, 1.54) is 17.5 Å². The van der Waals surface area contributed by atoms with Crippen LogP contribution in [0.2, 0.25) is 0 Å². The average molecular weight is 278 g/mol. The minimum atomic E-state index is 0. The molecule has 4 rings (SSSR count). The molecule has 3 nitrogen and oxygen atoms in total. The number of nitrogens with zero attached hydrogens (tertiary/aromatic N) is 2. The lowest BCUT2D eigenvalue weighted by Crippen LogP contribution is -1.90. The second-order valence-corrected chi connectivity index (χ2v) is 5.09. The van der Waals surface area contributed by atoms with Gasteiger partial charge in [0.05, 0.1) is 0 Å². The highest BCUT2D eigenvalue weighted by atomic mass is 16.5. The van der Waals surface area contributed by atoms with E-state index in [0.29, 0.717) is 11.7 Å². The Balaban J connectivity index is 0.00000132. The van der Waals surface area contributed by atoms with Gasteiger partial charge in [0.15, 0.2) is 0 Å². The Morgan fingerprint density at radius 3 is 2.62 bits per heavy atom. The van der Waals surface area contributed by atoms with Crippen LogP contribution in [-0.2, 0) is 12.8 Å².